The molecule has 1 nitrogen and oxygen atoms in total. The maximum Gasteiger partial charge on any atom is 0.00207 e. The summed E-state index contributed by atoms with van der Waals surface area (Å²) in [6.07, 6.45) is 6.86. The Morgan fingerprint density at radius 1 is 1.05 bits per heavy atom. The van der Waals surface area contributed by atoms with Gasteiger partial charge in [0.1, 0.15) is 0 Å². The molecule has 0 spiro atoms. The fraction of sp³-hybridized carbons (Fsp3) is 0.667. The fourth-order valence-corrected chi connectivity index (χ4v) is 4.14. The van der Waals surface area contributed by atoms with E-state index >= 15 is 0 Å². The number of benzene rings is 1. The van der Waals surface area contributed by atoms with Crippen molar-refractivity contribution in [3.8, 4) is 0 Å². The van der Waals surface area contributed by atoms with E-state index in [-0.39, 0.29) is 0 Å². The van der Waals surface area contributed by atoms with Crippen LogP contribution in [-0.4, -0.2) is 13.1 Å². The zero-order valence-electron chi connectivity index (χ0n) is 12.4. The van der Waals surface area contributed by atoms with Crippen LogP contribution in [0.3, 0.4) is 0 Å². The van der Waals surface area contributed by atoms with E-state index in [0.717, 1.165) is 11.8 Å². The summed E-state index contributed by atoms with van der Waals surface area (Å²) in [7, 11) is 0. The first-order chi connectivity index (χ1) is 9.16. The summed E-state index contributed by atoms with van der Waals surface area (Å²) >= 11 is 0. The molecule has 1 heteroatoms. The molecule has 1 heterocycles. The van der Waals surface area contributed by atoms with Crippen molar-refractivity contribution in [2.45, 2.75) is 57.8 Å². The van der Waals surface area contributed by atoms with Crippen LogP contribution in [0.15, 0.2) is 24.3 Å². The molecule has 2 aliphatic rings. The van der Waals surface area contributed by atoms with E-state index < -0.39 is 0 Å². The van der Waals surface area contributed by atoms with Crippen LogP contribution in [0.2, 0.25) is 0 Å². The molecule has 1 saturated carbocycles. The molecule has 2 atom stereocenters. The Bertz CT molecular complexity index is 429. The van der Waals surface area contributed by atoms with Gasteiger partial charge in [-0.2, -0.15) is 0 Å². The second kappa shape index (κ2) is 5.28. The SMILES string of the molecule is CC1(C)CCCC(c2ccccc2C2CCNC2)C1. The quantitative estimate of drug-likeness (QED) is 0.825. The summed E-state index contributed by atoms with van der Waals surface area (Å²) in [5, 5.41) is 3.52. The molecular formula is C18H27N. The Labute approximate surface area is 117 Å². The molecule has 104 valence electrons. The van der Waals surface area contributed by atoms with Crippen LogP contribution >= 0.6 is 0 Å². The van der Waals surface area contributed by atoms with Gasteiger partial charge in [-0.3, -0.25) is 0 Å². The van der Waals surface area contributed by atoms with E-state index in [0.29, 0.717) is 5.41 Å². The van der Waals surface area contributed by atoms with Crippen LogP contribution in [-0.2, 0) is 0 Å². The lowest BCUT2D eigenvalue weighted by atomic mass is 9.69. The molecule has 1 aliphatic carbocycles. The lowest BCUT2D eigenvalue weighted by Gasteiger charge is -2.36. The van der Waals surface area contributed by atoms with E-state index in [2.05, 4.69) is 43.4 Å². The van der Waals surface area contributed by atoms with E-state index in [4.69, 9.17) is 0 Å². The van der Waals surface area contributed by atoms with Crippen LogP contribution in [0, 0.1) is 5.41 Å². The van der Waals surface area contributed by atoms with Crippen molar-refractivity contribution < 1.29 is 0 Å². The highest BCUT2D eigenvalue weighted by atomic mass is 14.9. The Morgan fingerprint density at radius 2 is 1.79 bits per heavy atom. The van der Waals surface area contributed by atoms with Crippen molar-refractivity contribution in [1.82, 2.24) is 5.32 Å². The van der Waals surface area contributed by atoms with E-state index in [9.17, 15) is 0 Å². The van der Waals surface area contributed by atoms with E-state index in [1.807, 2.05) is 0 Å². The second-order valence-corrected chi connectivity index (χ2v) is 7.28. The number of nitrogens with one attached hydrogen (secondary N) is 1. The topological polar surface area (TPSA) is 12.0 Å². The fourth-order valence-electron chi connectivity index (χ4n) is 4.14. The molecule has 2 unspecified atom stereocenters. The molecule has 3 rings (SSSR count). The van der Waals surface area contributed by atoms with Crippen molar-refractivity contribution in [1.29, 1.82) is 0 Å². The maximum absolute atomic E-state index is 3.52. The van der Waals surface area contributed by atoms with Gasteiger partial charge >= 0.3 is 0 Å². The highest BCUT2D eigenvalue weighted by molar-refractivity contribution is 5.34. The average Bonchev–Trinajstić information content (AvgIpc) is 2.91. The van der Waals surface area contributed by atoms with Crippen molar-refractivity contribution in [2.75, 3.05) is 13.1 Å². The standard InChI is InChI=1S/C18H27N/c1-18(2)10-5-6-14(12-18)16-7-3-4-8-17(16)15-9-11-19-13-15/h3-4,7-8,14-15,19H,5-6,9-13H2,1-2H3. The zero-order valence-corrected chi connectivity index (χ0v) is 12.4. The lowest BCUT2D eigenvalue weighted by Crippen LogP contribution is -2.22. The molecule has 0 radical (unpaired) electrons. The lowest BCUT2D eigenvalue weighted by molar-refractivity contribution is 0.219. The third kappa shape index (κ3) is 2.86. The van der Waals surface area contributed by atoms with Crippen LogP contribution in [0.5, 0.6) is 0 Å². The summed E-state index contributed by atoms with van der Waals surface area (Å²) in [6, 6.07) is 9.25. The first kappa shape index (κ1) is 13.2. The molecule has 0 aromatic heterocycles. The monoisotopic (exact) mass is 257 g/mol. The van der Waals surface area contributed by atoms with Gasteiger partial charge in [0.2, 0.25) is 0 Å². The van der Waals surface area contributed by atoms with Gasteiger partial charge in [0, 0.05) is 6.54 Å². The molecule has 1 N–H and O–H groups in total. The first-order valence-corrected chi connectivity index (χ1v) is 7.95. The van der Waals surface area contributed by atoms with Crippen molar-refractivity contribution in [3.63, 3.8) is 0 Å². The summed E-state index contributed by atoms with van der Waals surface area (Å²) in [4.78, 5) is 0. The summed E-state index contributed by atoms with van der Waals surface area (Å²) in [6.45, 7) is 7.25. The van der Waals surface area contributed by atoms with Gasteiger partial charge < -0.3 is 5.32 Å². The summed E-state index contributed by atoms with van der Waals surface area (Å²) in [5.74, 6) is 1.54. The highest BCUT2D eigenvalue weighted by Gasteiger charge is 2.31. The van der Waals surface area contributed by atoms with Gasteiger partial charge in [-0.15, -0.1) is 0 Å². The molecule has 0 amide bonds. The van der Waals surface area contributed by atoms with Crippen LogP contribution < -0.4 is 5.32 Å². The van der Waals surface area contributed by atoms with Crippen LogP contribution in [0.4, 0.5) is 0 Å². The highest BCUT2D eigenvalue weighted by Crippen LogP contribution is 2.45. The van der Waals surface area contributed by atoms with Crippen molar-refractivity contribution in [2.24, 2.45) is 5.41 Å². The van der Waals surface area contributed by atoms with Gasteiger partial charge in [0.25, 0.3) is 0 Å². The maximum atomic E-state index is 3.52. The summed E-state index contributed by atoms with van der Waals surface area (Å²) in [5.41, 5.74) is 3.82. The van der Waals surface area contributed by atoms with Gasteiger partial charge in [-0.05, 0) is 60.6 Å². The molecule has 1 aromatic carbocycles. The van der Waals surface area contributed by atoms with E-state index in [1.54, 1.807) is 11.1 Å². The molecule has 1 saturated heterocycles. The van der Waals surface area contributed by atoms with E-state index in [1.165, 1.54) is 45.2 Å². The predicted molar refractivity (Wildman–Crippen MR) is 81.7 cm³/mol. The second-order valence-electron chi connectivity index (χ2n) is 7.28. The van der Waals surface area contributed by atoms with Gasteiger partial charge in [0.15, 0.2) is 0 Å². The van der Waals surface area contributed by atoms with Crippen LogP contribution in [0.1, 0.15) is 68.9 Å². The number of hydrogen-bond acceptors (Lipinski definition) is 1. The predicted octanol–water partition coefficient (Wildman–Crippen LogP) is 4.45. The Kier molecular flexibility index (Phi) is 3.66. The minimum absolute atomic E-state index is 0.532. The number of rotatable bonds is 2. The Morgan fingerprint density at radius 3 is 2.42 bits per heavy atom. The summed E-state index contributed by atoms with van der Waals surface area (Å²) < 4.78 is 0. The largest absolute Gasteiger partial charge is 0.316 e. The molecule has 1 aliphatic heterocycles. The van der Waals surface area contributed by atoms with Crippen LogP contribution in [0.25, 0.3) is 0 Å². The minimum Gasteiger partial charge on any atom is -0.316 e. The average molecular weight is 257 g/mol. The van der Waals surface area contributed by atoms with Crippen molar-refractivity contribution in [3.05, 3.63) is 35.4 Å². The van der Waals surface area contributed by atoms with Gasteiger partial charge in [0.05, 0.1) is 0 Å². The number of hydrogen-bond donors (Lipinski definition) is 1. The normalized spacial score (nSPS) is 30.4. The zero-order chi connectivity index (χ0) is 13.3. The smallest absolute Gasteiger partial charge is 0.00207 e. The molecule has 1 aromatic rings. The molecule has 19 heavy (non-hydrogen) atoms. The first-order valence-electron chi connectivity index (χ1n) is 7.95. The molecule has 2 fully saturated rings. The third-order valence-corrected chi connectivity index (χ3v) is 5.14. The molecule has 0 bridgehead atoms. The third-order valence-electron chi connectivity index (χ3n) is 5.14. The van der Waals surface area contributed by atoms with Gasteiger partial charge in [-0.25, -0.2) is 0 Å². The minimum atomic E-state index is 0.532. The van der Waals surface area contributed by atoms with Gasteiger partial charge in [-0.1, -0.05) is 44.5 Å². The molecular weight excluding hydrogens is 230 g/mol. The van der Waals surface area contributed by atoms with Crippen molar-refractivity contribution >= 4 is 0 Å². The Hall–Kier alpha value is -0.820. The Balaban J connectivity index is 1.87.